The van der Waals surface area contributed by atoms with E-state index in [2.05, 4.69) is 10.3 Å². The highest BCUT2D eigenvalue weighted by Crippen LogP contribution is 2.24. The molecule has 0 fully saturated rings. The maximum absolute atomic E-state index is 13.4. The average Bonchev–Trinajstić information content (AvgIpc) is 2.76. The molecular weight excluding hydrogens is 298 g/mol. The summed E-state index contributed by atoms with van der Waals surface area (Å²) in [6.45, 7) is 0.218. The van der Waals surface area contributed by atoms with Gasteiger partial charge in [0.2, 0.25) is 0 Å². The fraction of sp³-hybridized carbons (Fsp3) is 0.0909. The summed E-state index contributed by atoms with van der Waals surface area (Å²) in [5, 5.41) is 11.6. The molecule has 0 saturated carbocycles. The van der Waals surface area contributed by atoms with E-state index in [1.54, 1.807) is 0 Å². The van der Waals surface area contributed by atoms with Crippen LogP contribution >= 0.6 is 22.9 Å². The minimum atomic E-state index is -1.54. The molecule has 0 atom stereocenters. The van der Waals surface area contributed by atoms with Gasteiger partial charge in [0.25, 0.3) is 0 Å². The van der Waals surface area contributed by atoms with Gasteiger partial charge in [-0.15, -0.1) is 11.3 Å². The molecule has 0 spiro atoms. The van der Waals surface area contributed by atoms with Crippen LogP contribution in [0.4, 0.5) is 14.5 Å². The Morgan fingerprint density at radius 1 is 1.47 bits per heavy atom. The van der Waals surface area contributed by atoms with E-state index >= 15 is 0 Å². The van der Waals surface area contributed by atoms with Crippen LogP contribution in [-0.2, 0) is 6.54 Å². The summed E-state index contributed by atoms with van der Waals surface area (Å²) in [4.78, 5) is 15.5. The lowest BCUT2D eigenvalue weighted by Crippen LogP contribution is -2.09. The molecule has 0 unspecified atom stereocenters. The molecule has 0 aliphatic rings. The number of aromatic nitrogens is 1. The first kappa shape index (κ1) is 13.7. The van der Waals surface area contributed by atoms with E-state index in [9.17, 15) is 13.6 Å². The maximum Gasteiger partial charge on any atom is 0.340 e. The monoisotopic (exact) mass is 304 g/mol. The molecule has 0 saturated heterocycles. The first-order valence-corrected chi connectivity index (χ1v) is 6.24. The summed E-state index contributed by atoms with van der Waals surface area (Å²) in [6.07, 6.45) is 1.51. The Balaban J connectivity index is 2.25. The lowest BCUT2D eigenvalue weighted by Gasteiger charge is -2.09. The van der Waals surface area contributed by atoms with Crippen molar-refractivity contribution in [3.8, 4) is 0 Å². The molecule has 0 aliphatic carbocycles. The second-order valence-electron chi connectivity index (χ2n) is 3.52. The van der Waals surface area contributed by atoms with Gasteiger partial charge in [-0.1, -0.05) is 11.6 Å². The minimum absolute atomic E-state index is 0.00378. The number of halogens is 3. The molecule has 2 aromatic rings. The fourth-order valence-electron chi connectivity index (χ4n) is 1.45. The number of carboxylic acids is 1. The van der Waals surface area contributed by atoms with Crippen LogP contribution in [0.2, 0.25) is 4.47 Å². The molecular formula is C11H7ClF2N2O2S. The lowest BCUT2D eigenvalue weighted by molar-refractivity contribution is 0.0692. The van der Waals surface area contributed by atoms with Gasteiger partial charge < -0.3 is 10.4 Å². The second-order valence-corrected chi connectivity index (χ2v) is 5.22. The van der Waals surface area contributed by atoms with Crippen molar-refractivity contribution < 1.29 is 18.7 Å². The Morgan fingerprint density at radius 2 is 2.21 bits per heavy atom. The van der Waals surface area contributed by atoms with Gasteiger partial charge in [-0.05, 0) is 12.1 Å². The normalized spacial score (nSPS) is 10.5. The molecule has 1 heterocycles. The molecule has 0 amide bonds. The third-order valence-electron chi connectivity index (χ3n) is 2.29. The quantitative estimate of drug-likeness (QED) is 0.909. The van der Waals surface area contributed by atoms with Crippen LogP contribution in [-0.4, -0.2) is 16.1 Å². The van der Waals surface area contributed by atoms with Crippen molar-refractivity contribution in [2.75, 3.05) is 5.32 Å². The molecule has 100 valence electrons. The molecule has 8 heteroatoms. The van der Waals surface area contributed by atoms with E-state index in [-0.39, 0.29) is 12.2 Å². The largest absolute Gasteiger partial charge is 0.478 e. The van der Waals surface area contributed by atoms with Gasteiger partial charge in [0.15, 0.2) is 16.1 Å². The minimum Gasteiger partial charge on any atom is -0.478 e. The van der Waals surface area contributed by atoms with Gasteiger partial charge in [0.1, 0.15) is 5.56 Å². The van der Waals surface area contributed by atoms with Crippen LogP contribution in [0.5, 0.6) is 0 Å². The van der Waals surface area contributed by atoms with Crippen LogP contribution in [0, 0.1) is 11.6 Å². The van der Waals surface area contributed by atoms with Gasteiger partial charge >= 0.3 is 5.97 Å². The van der Waals surface area contributed by atoms with E-state index < -0.39 is 23.2 Å². The Kier molecular flexibility index (Phi) is 3.96. The van der Waals surface area contributed by atoms with Crippen LogP contribution in [0.25, 0.3) is 0 Å². The Morgan fingerprint density at radius 3 is 2.79 bits per heavy atom. The maximum atomic E-state index is 13.4. The van der Waals surface area contributed by atoms with Crippen LogP contribution in [0.3, 0.4) is 0 Å². The van der Waals surface area contributed by atoms with Crippen molar-refractivity contribution in [3.05, 3.63) is 44.9 Å². The van der Waals surface area contributed by atoms with Crippen molar-refractivity contribution in [2.45, 2.75) is 6.54 Å². The Labute approximate surface area is 115 Å². The standard InChI is InChI=1S/C11H7ClF2N2O2S/c12-11-16-4-5(19-11)3-15-7-2-1-6(13)9(14)8(7)10(17)18/h1-2,4,15H,3H2,(H,17,18). The van der Waals surface area contributed by atoms with Crippen LogP contribution in [0.1, 0.15) is 15.2 Å². The first-order valence-electron chi connectivity index (χ1n) is 5.04. The predicted molar refractivity (Wildman–Crippen MR) is 67.8 cm³/mol. The molecule has 0 bridgehead atoms. The molecule has 0 radical (unpaired) electrons. The molecule has 2 rings (SSSR count). The number of rotatable bonds is 4. The van der Waals surface area contributed by atoms with Gasteiger partial charge in [-0.2, -0.15) is 0 Å². The smallest absolute Gasteiger partial charge is 0.340 e. The van der Waals surface area contributed by atoms with Gasteiger partial charge in [-0.25, -0.2) is 18.6 Å². The van der Waals surface area contributed by atoms with Crippen molar-refractivity contribution >= 4 is 34.6 Å². The summed E-state index contributed by atoms with van der Waals surface area (Å²) in [5.41, 5.74) is -0.730. The van der Waals surface area contributed by atoms with Gasteiger partial charge in [0.05, 0.1) is 12.2 Å². The highest BCUT2D eigenvalue weighted by molar-refractivity contribution is 7.15. The number of thiazole rings is 1. The van der Waals surface area contributed by atoms with Gasteiger partial charge in [-0.3, -0.25) is 0 Å². The number of benzene rings is 1. The zero-order valence-electron chi connectivity index (χ0n) is 9.28. The van der Waals surface area contributed by atoms with E-state index in [4.69, 9.17) is 16.7 Å². The SMILES string of the molecule is O=C(O)c1c(NCc2cnc(Cl)s2)ccc(F)c1F. The molecule has 4 nitrogen and oxygen atoms in total. The molecule has 2 N–H and O–H groups in total. The second kappa shape index (κ2) is 5.50. The van der Waals surface area contributed by atoms with E-state index in [0.717, 1.165) is 10.9 Å². The number of nitrogens with one attached hydrogen (secondary N) is 1. The summed E-state index contributed by atoms with van der Waals surface area (Å²) in [5.74, 6) is -4.13. The number of hydrogen-bond acceptors (Lipinski definition) is 4. The zero-order valence-corrected chi connectivity index (χ0v) is 10.9. The summed E-state index contributed by atoms with van der Waals surface area (Å²) in [7, 11) is 0. The average molecular weight is 305 g/mol. The highest BCUT2D eigenvalue weighted by atomic mass is 35.5. The number of nitrogens with zero attached hydrogens (tertiary/aromatic N) is 1. The predicted octanol–water partition coefficient (Wildman–Crippen LogP) is 3.39. The summed E-state index contributed by atoms with van der Waals surface area (Å²) >= 11 is 6.85. The molecule has 19 heavy (non-hydrogen) atoms. The Bertz CT molecular complexity index is 633. The van der Waals surface area contributed by atoms with Crippen molar-refractivity contribution in [1.29, 1.82) is 0 Å². The fourth-order valence-corrected chi connectivity index (χ4v) is 2.37. The number of carbonyl (C=O) groups is 1. The number of carboxylic acid groups (broad SMARTS) is 1. The lowest BCUT2D eigenvalue weighted by atomic mass is 10.1. The van der Waals surface area contributed by atoms with Crippen molar-refractivity contribution in [2.24, 2.45) is 0 Å². The van der Waals surface area contributed by atoms with Crippen LogP contribution in [0.15, 0.2) is 18.3 Å². The third kappa shape index (κ3) is 2.99. The Hall–Kier alpha value is -1.73. The highest BCUT2D eigenvalue weighted by Gasteiger charge is 2.19. The summed E-state index contributed by atoms with van der Waals surface area (Å²) in [6, 6.07) is 2.04. The molecule has 0 aliphatic heterocycles. The third-order valence-corrected chi connectivity index (χ3v) is 3.40. The number of aromatic carboxylic acids is 1. The zero-order chi connectivity index (χ0) is 14.0. The van der Waals surface area contributed by atoms with Crippen LogP contribution < -0.4 is 5.32 Å². The number of anilines is 1. The van der Waals surface area contributed by atoms with E-state index in [1.165, 1.54) is 23.6 Å². The summed E-state index contributed by atoms with van der Waals surface area (Å²) < 4.78 is 26.8. The van der Waals surface area contributed by atoms with E-state index in [0.29, 0.717) is 4.47 Å². The molecule has 1 aromatic heterocycles. The van der Waals surface area contributed by atoms with E-state index in [1.807, 2.05) is 0 Å². The first-order chi connectivity index (χ1) is 8.99. The number of hydrogen-bond donors (Lipinski definition) is 2. The van der Waals surface area contributed by atoms with Crippen molar-refractivity contribution in [3.63, 3.8) is 0 Å². The topological polar surface area (TPSA) is 62.2 Å². The van der Waals surface area contributed by atoms with Gasteiger partial charge in [0, 0.05) is 11.1 Å². The van der Waals surface area contributed by atoms with Crippen molar-refractivity contribution in [1.82, 2.24) is 4.98 Å². The molecule has 1 aromatic carbocycles.